The van der Waals surface area contributed by atoms with Crippen LogP contribution in [0.4, 0.5) is 0 Å². The average Bonchev–Trinajstić information content (AvgIpc) is 2.38. The van der Waals surface area contributed by atoms with Gasteiger partial charge in [-0.05, 0) is 37.1 Å². The Morgan fingerprint density at radius 2 is 2.06 bits per heavy atom. The number of hydrogen-bond donors (Lipinski definition) is 2. The van der Waals surface area contributed by atoms with Gasteiger partial charge in [-0.15, -0.1) is 0 Å². The van der Waals surface area contributed by atoms with E-state index in [1.807, 2.05) is 19.1 Å². The molecule has 0 aliphatic rings. The second kappa shape index (κ2) is 6.57. The molecule has 1 aromatic carbocycles. The number of aliphatic hydroxyl groups is 1. The molecule has 0 fully saturated rings. The molecule has 0 aliphatic heterocycles. The van der Waals surface area contributed by atoms with E-state index < -0.39 is 5.54 Å². The summed E-state index contributed by atoms with van der Waals surface area (Å²) in [6.45, 7) is 3.64. The van der Waals surface area contributed by atoms with Crippen molar-refractivity contribution in [2.75, 3.05) is 6.61 Å². The number of rotatable bonds is 5. The summed E-state index contributed by atoms with van der Waals surface area (Å²) in [5, 5.41) is 12.6. The lowest BCUT2D eigenvalue weighted by molar-refractivity contribution is -0.118. The predicted octanol–water partition coefficient (Wildman–Crippen LogP) is 2.63. The van der Waals surface area contributed by atoms with Gasteiger partial charge in [0.25, 0.3) is 0 Å². The number of carbonyl (C=O) groups is 1. The van der Waals surface area contributed by atoms with E-state index in [1.165, 1.54) is 6.08 Å². The third-order valence-corrected chi connectivity index (χ3v) is 3.10. The molecule has 1 aromatic rings. The zero-order chi connectivity index (χ0) is 13.6. The molecule has 0 aromatic heterocycles. The van der Waals surface area contributed by atoms with Crippen LogP contribution < -0.4 is 5.32 Å². The van der Waals surface area contributed by atoms with Crippen LogP contribution in [0.2, 0.25) is 5.02 Å². The van der Waals surface area contributed by atoms with E-state index in [0.29, 0.717) is 11.4 Å². The number of halogens is 1. The Bertz CT molecular complexity index is 422. The van der Waals surface area contributed by atoms with Crippen molar-refractivity contribution in [2.24, 2.45) is 0 Å². The lowest BCUT2D eigenvalue weighted by atomic mass is 10.0. The lowest BCUT2D eigenvalue weighted by Crippen LogP contribution is -2.47. The summed E-state index contributed by atoms with van der Waals surface area (Å²) < 4.78 is 0. The minimum atomic E-state index is -0.568. The number of amides is 1. The molecule has 1 amide bonds. The van der Waals surface area contributed by atoms with Gasteiger partial charge in [-0.25, -0.2) is 0 Å². The number of hydrogen-bond acceptors (Lipinski definition) is 2. The van der Waals surface area contributed by atoms with Crippen LogP contribution in [0, 0.1) is 0 Å². The fraction of sp³-hybridized carbons (Fsp3) is 0.357. The van der Waals surface area contributed by atoms with E-state index in [1.54, 1.807) is 25.1 Å². The Labute approximate surface area is 112 Å². The summed E-state index contributed by atoms with van der Waals surface area (Å²) in [7, 11) is 0. The first kappa shape index (κ1) is 14.7. The molecule has 98 valence electrons. The van der Waals surface area contributed by atoms with Crippen LogP contribution in [-0.4, -0.2) is 23.2 Å². The van der Waals surface area contributed by atoms with Gasteiger partial charge in [0.15, 0.2) is 0 Å². The Morgan fingerprint density at radius 1 is 1.44 bits per heavy atom. The lowest BCUT2D eigenvalue weighted by Gasteiger charge is -2.26. The maximum absolute atomic E-state index is 11.7. The molecular formula is C14H18ClNO2. The summed E-state index contributed by atoms with van der Waals surface area (Å²) in [6.07, 6.45) is 3.83. The maximum Gasteiger partial charge on any atom is 0.244 e. The zero-order valence-electron chi connectivity index (χ0n) is 10.6. The first-order valence-electron chi connectivity index (χ1n) is 5.86. The highest BCUT2D eigenvalue weighted by atomic mass is 35.5. The molecule has 0 saturated carbocycles. The Balaban J connectivity index is 2.62. The van der Waals surface area contributed by atoms with E-state index >= 15 is 0 Å². The summed E-state index contributed by atoms with van der Waals surface area (Å²) in [6, 6.07) is 7.19. The van der Waals surface area contributed by atoms with Gasteiger partial charge in [0.1, 0.15) is 0 Å². The van der Waals surface area contributed by atoms with Crippen LogP contribution in [0.15, 0.2) is 30.3 Å². The molecule has 0 bridgehead atoms. The second-order valence-corrected chi connectivity index (χ2v) is 4.88. The first-order chi connectivity index (χ1) is 8.49. The third-order valence-electron chi connectivity index (χ3n) is 2.85. The molecular weight excluding hydrogens is 250 g/mol. The Kier molecular flexibility index (Phi) is 5.38. The highest BCUT2D eigenvalue weighted by molar-refractivity contribution is 6.30. The van der Waals surface area contributed by atoms with Crippen LogP contribution >= 0.6 is 11.6 Å². The largest absolute Gasteiger partial charge is 0.394 e. The van der Waals surface area contributed by atoms with Crippen molar-refractivity contribution < 1.29 is 9.90 Å². The molecule has 2 N–H and O–H groups in total. The average molecular weight is 268 g/mol. The Morgan fingerprint density at radius 3 is 2.56 bits per heavy atom. The van der Waals surface area contributed by atoms with Crippen molar-refractivity contribution in [1.29, 1.82) is 0 Å². The minimum Gasteiger partial charge on any atom is -0.394 e. The number of carbonyl (C=O) groups excluding carboxylic acids is 1. The smallest absolute Gasteiger partial charge is 0.244 e. The van der Waals surface area contributed by atoms with Crippen molar-refractivity contribution in [3.8, 4) is 0 Å². The molecule has 4 heteroatoms. The predicted molar refractivity (Wildman–Crippen MR) is 74.4 cm³/mol. The Hall–Kier alpha value is -1.32. The van der Waals surface area contributed by atoms with Gasteiger partial charge < -0.3 is 10.4 Å². The molecule has 18 heavy (non-hydrogen) atoms. The monoisotopic (exact) mass is 267 g/mol. The standard InChI is InChI=1S/C14H18ClNO2/c1-3-14(2,10-17)16-13(18)9-6-11-4-7-12(15)8-5-11/h4-9,17H,3,10H2,1-2H3,(H,16,18). The third kappa shape index (κ3) is 4.51. The van der Waals surface area contributed by atoms with Crippen LogP contribution in [0.3, 0.4) is 0 Å². The topological polar surface area (TPSA) is 49.3 Å². The van der Waals surface area contributed by atoms with E-state index in [4.69, 9.17) is 11.6 Å². The van der Waals surface area contributed by atoms with Crippen molar-refractivity contribution in [3.63, 3.8) is 0 Å². The summed E-state index contributed by atoms with van der Waals surface area (Å²) in [5.41, 5.74) is 0.332. The molecule has 0 aliphatic carbocycles. The van der Waals surface area contributed by atoms with Crippen molar-refractivity contribution in [1.82, 2.24) is 5.32 Å². The molecule has 3 nitrogen and oxygen atoms in total. The summed E-state index contributed by atoms with van der Waals surface area (Å²) in [5.74, 6) is -0.219. The zero-order valence-corrected chi connectivity index (χ0v) is 11.4. The van der Waals surface area contributed by atoms with Crippen molar-refractivity contribution >= 4 is 23.6 Å². The van der Waals surface area contributed by atoms with E-state index in [-0.39, 0.29) is 12.5 Å². The summed E-state index contributed by atoms with van der Waals surface area (Å²) in [4.78, 5) is 11.7. The molecule has 1 rings (SSSR count). The number of benzene rings is 1. The highest BCUT2D eigenvalue weighted by Crippen LogP contribution is 2.11. The fourth-order valence-electron chi connectivity index (χ4n) is 1.32. The van der Waals surface area contributed by atoms with Gasteiger partial charge in [0.05, 0.1) is 12.1 Å². The maximum atomic E-state index is 11.7. The second-order valence-electron chi connectivity index (χ2n) is 4.45. The molecule has 0 saturated heterocycles. The van der Waals surface area contributed by atoms with E-state index in [2.05, 4.69) is 5.32 Å². The van der Waals surface area contributed by atoms with Gasteiger partial charge in [-0.3, -0.25) is 4.79 Å². The van der Waals surface area contributed by atoms with Crippen molar-refractivity contribution in [2.45, 2.75) is 25.8 Å². The van der Waals surface area contributed by atoms with E-state index in [9.17, 15) is 9.90 Å². The van der Waals surface area contributed by atoms with Crippen LogP contribution in [0.5, 0.6) is 0 Å². The number of nitrogens with one attached hydrogen (secondary N) is 1. The molecule has 0 heterocycles. The highest BCUT2D eigenvalue weighted by Gasteiger charge is 2.21. The number of aliphatic hydroxyl groups excluding tert-OH is 1. The SMILES string of the molecule is CCC(C)(CO)NC(=O)C=Cc1ccc(Cl)cc1. The van der Waals surface area contributed by atoms with Gasteiger partial charge in [0.2, 0.25) is 5.91 Å². The normalized spacial score (nSPS) is 14.4. The van der Waals surface area contributed by atoms with Gasteiger partial charge in [-0.1, -0.05) is 30.7 Å². The van der Waals surface area contributed by atoms with Crippen LogP contribution in [0.1, 0.15) is 25.8 Å². The fourth-order valence-corrected chi connectivity index (χ4v) is 1.45. The van der Waals surface area contributed by atoms with Crippen LogP contribution in [0.25, 0.3) is 6.08 Å². The quantitative estimate of drug-likeness (QED) is 0.806. The molecule has 1 atom stereocenters. The van der Waals surface area contributed by atoms with Crippen molar-refractivity contribution in [3.05, 3.63) is 40.9 Å². The molecule has 0 spiro atoms. The first-order valence-corrected chi connectivity index (χ1v) is 6.23. The summed E-state index contributed by atoms with van der Waals surface area (Å²) >= 11 is 5.77. The van der Waals surface area contributed by atoms with E-state index in [0.717, 1.165) is 5.56 Å². The van der Waals surface area contributed by atoms with Crippen LogP contribution in [-0.2, 0) is 4.79 Å². The molecule has 0 radical (unpaired) electrons. The van der Waals surface area contributed by atoms with Gasteiger partial charge in [-0.2, -0.15) is 0 Å². The van der Waals surface area contributed by atoms with Gasteiger partial charge >= 0.3 is 0 Å². The van der Waals surface area contributed by atoms with Gasteiger partial charge in [0, 0.05) is 11.1 Å². The molecule has 1 unspecified atom stereocenters. The minimum absolute atomic E-state index is 0.0793.